The molecule has 14 N–H and O–H groups in total. The van der Waals surface area contributed by atoms with Gasteiger partial charge in [0.15, 0.2) is 11.9 Å². The van der Waals surface area contributed by atoms with Crippen LogP contribution in [0, 0.1) is 3.57 Å². The predicted octanol–water partition coefficient (Wildman–Crippen LogP) is -1.37. The molecule has 0 spiro atoms. The highest BCUT2D eigenvalue weighted by Gasteiger charge is 2.31. The number of carbonyl (C=O) groups is 5. The molecule has 2 aromatic rings. The molecular formula is C32H46IN11O5. The Bertz CT molecular complexity index is 1460. The SMILES string of the molecule is CC(=O)N[C@@H](CCCN=C(N)N)C(=O)N[C@@H](CCCN=C(N)N)C(=O)N[C@H](Cc1ccc(I)cc1)C(=O)N[C@@H](Cc1ccccc1)C(N)=O. The highest BCUT2D eigenvalue weighted by Crippen LogP contribution is 2.11. The minimum Gasteiger partial charge on any atom is -0.370 e. The molecule has 2 aromatic carbocycles. The van der Waals surface area contributed by atoms with Crippen LogP contribution in [0.3, 0.4) is 0 Å². The summed E-state index contributed by atoms with van der Waals surface area (Å²) in [6, 6.07) is 12.0. The lowest BCUT2D eigenvalue weighted by Gasteiger charge is -2.26. The van der Waals surface area contributed by atoms with E-state index in [0.29, 0.717) is 12.8 Å². The summed E-state index contributed by atoms with van der Waals surface area (Å²) < 4.78 is 0.971. The van der Waals surface area contributed by atoms with Crippen molar-refractivity contribution in [2.24, 2.45) is 38.7 Å². The van der Waals surface area contributed by atoms with Crippen LogP contribution in [0.1, 0.15) is 43.7 Å². The number of primary amides is 1. The average Bonchev–Trinajstić information content (AvgIpc) is 3.04. The van der Waals surface area contributed by atoms with Crippen LogP contribution in [0.5, 0.6) is 0 Å². The first-order valence-corrected chi connectivity index (χ1v) is 16.7. The smallest absolute Gasteiger partial charge is 0.243 e. The molecule has 0 fully saturated rings. The molecule has 0 saturated carbocycles. The molecule has 0 bridgehead atoms. The van der Waals surface area contributed by atoms with Crippen LogP contribution in [0.2, 0.25) is 0 Å². The second-order valence-electron chi connectivity index (χ2n) is 11.3. The minimum atomic E-state index is -1.16. The van der Waals surface area contributed by atoms with Crippen molar-refractivity contribution in [2.45, 2.75) is 69.6 Å². The van der Waals surface area contributed by atoms with Gasteiger partial charge in [-0.05, 0) is 71.5 Å². The molecule has 49 heavy (non-hydrogen) atoms. The maximum Gasteiger partial charge on any atom is 0.243 e. The second-order valence-corrected chi connectivity index (χ2v) is 12.5. The maximum absolute atomic E-state index is 13.8. The van der Waals surface area contributed by atoms with Crippen molar-refractivity contribution in [1.82, 2.24) is 21.3 Å². The summed E-state index contributed by atoms with van der Waals surface area (Å²) in [5.74, 6) is -3.39. The van der Waals surface area contributed by atoms with E-state index in [4.69, 9.17) is 28.7 Å². The van der Waals surface area contributed by atoms with Crippen LogP contribution in [0.25, 0.3) is 0 Å². The van der Waals surface area contributed by atoms with E-state index in [0.717, 1.165) is 14.7 Å². The van der Waals surface area contributed by atoms with Gasteiger partial charge in [-0.1, -0.05) is 42.5 Å². The van der Waals surface area contributed by atoms with Gasteiger partial charge in [-0.15, -0.1) is 0 Å². The minimum absolute atomic E-state index is 0.0687. The molecule has 0 aliphatic heterocycles. The number of halogens is 1. The van der Waals surface area contributed by atoms with E-state index in [-0.39, 0.29) is 50.7 Å². The normalized spacial score (nSPS) is 13.0. The number of hydrogen-bond donors (Lipinski definition) is 9. The van der Waals surface area contributed by atoms with Gasteiger partial charge in [0, 0.05) is 36.4 Å². The molecule has 5 amide bonds. The van der Waals surface area contributed by atoms with Crippen LogP contribution in [0.15, 0.2) is 64.6 Å². The highest BCUT2D eigenvalue weighted by molar-refractivity contribution is 14.1. The molecule has 0 radical (unpaired) electrons. The van der Waals surface area contributed by atoms with Gasteiger partial charge < -0.3 is 49.9 Å². The molecule has 0 unspecified atom stereocenters. The molecule has 2 rings (SSSR count). The lowest BCUT2D eigenvalue weighted by molar-refractivity contribution is -0.134. The number of benzene rings is 2. The van der Waals surface area contributed by atoms with Crippen LogP contribution in [-0.4, -0.2) is 78.7 Å². The van der Waals surface area contributed by atoms with Crippen molar-refractivity contribution in [1.29, 1.82) is 0 Å². The van der Waals surface area contributed by atoms with Gasteiger partial charge in [0.2, 0.25) is 29.5 Å². The largest absolute Gasteiger partial charge is 0.370 e. The number of aliphatic imine (C=N–C) groups is 2. The number of nitrogens with zero attached hydrogens (tertiary/aromatic N) is 2. The Morgan fingerprint density at radius 2 is 1.04 bits per heavy atom. The number of guanidine groups is 2. The summed E-state index contributed by atoms with van der Waals surface area (Å²) in [6.45, 7) is 1.66. The number of amides is 5. The van der Waals surface area contributed by atoms with E-state index in [2.05, 4.69) is 53.8 Å². The topological polar surface area (TPSA) is 288 Å². The zero-order valence-corrected chi connectivity index (χ0v) is 29.5. The molecule has 0 saturated heterocycles. The van der Waals surface area contributed by atoms with Gasteiger partial charge in [-0.25, -0.2) is 0 Å². The van der Waals surface area contributed by atoms with Gasteiger partial charge in [0.25, 0.3) is 0 Å². The van der Waals surface area contributed by atoms with Crippen molar-refractivity contribution in [3.63, 3.8) is 0 Å². The molecule has 16 nitrogen and oxygen atoms in total. The van der Waals surface area contributed by atoms with Gasteiger partial charge in [-0.3, -0.25) is 34.0 Å². The van der Waals surface area contributed by atoms with Crippen molar-refractivity contribution in [2.75, 3.05) is 13.1 Å². The number of nitrogens with two attached hydrogens (primary N) is 5. The summed E-state index contributed by atoms with van der Waals surface area (Å²) in [7, 11) is 0. The van der Waals surface area contributed by atoms with Crippen molar-refractivity contribution < 1.29 is 24.0 Å². The zero-order chi connectivity index (χ0) is 36.3. The summed E-state index contributed by atoms with van der Waals surface area (Å²) in [4.78, 5) is 73.1. The fourth-order valence-electron chi connectivity index (χ4n) is 4.75. The Kier molecular flexibility index (Phi) is 17.3. The molecule has 0 heterocycles. The second kappa shape index (κ2) is 21.1. The summed E-state index contributed by atoms with van der Waals surface area (Å²) >= 11 is 2.15. The summed E-state index contributed by atoms with van der Waals surface area (Å²) in [5, 5.41) is 10.7. The van der Waals surface area contributed by atoms with Crippen molar-refractivity contribution in [3.05, 3.63) is 69.3 Å². The van der Waals surface area contributed by atoms with E-state index in [1.807, 2.05) is 30.3 Å². The van der Waals surface area contributed by atoms with Crippen LogP contribution >= 0.6 is 22.6 Å². The quantitative estimate of drug-likeness (QED) is 0.0331. The lowest BCUT2D eigenvalue weighted by atomic mass is 10.0. The summed E-state index contributed by atoms with van der Waals surface area (Å²) in [6.07, 6.45) is 1.13. The zero-order valence-electron chi connectivity index (χ0n) is 27.4. The van der Waals surface area contributed by atoms with E-state index in [9.17, 15) is 24.0 Å². The Labute approximate surface area is 299 Å². The van der Waals surface area contributed by atoms with E-state index in [1.54, 1.807) is 24.3 Å². The first-order valence-electron chi connectivity index (χ1n) is 15.6. The molecular weight excluding hydrogens is 745 g/mol. The lowest BCUT2D eigenvalue weighted by Crippen LogP contribution is -2.58. The monoisotopic (exact) mass is 791 g/mol. The molecule has 4 atom stereocenters. The molecule has 17 heteroatoms. The van der Waals surface area contributed by atoms with Gasteiger partial charge >= 0.3 is 0 Å². The van der Waals surface area contributed by atoms with E-state index in [1.165, 1.54) is 6.92 Å². The Balaban J connectivity index is 2.33. The maximum atomic E-state index is 13.8. The third-order valence-corrected chi connectivity index (χ3v) is 7.87. The van der Waals surface area contributed by atoms with E-state index >= 15 is 0 Å². The number of hydrogen-bond acceptors (Lipinski definition) is 7. The molecule has 0 aliphatic rings. The predicted molar refractivity (Wildman–Crippen MR) is 195 cm³/mol. The van der Waals surface area contributed by atoms with Gasteiger partial charge in [-0.2, -0.15) is 0 Å². The molecule has 266 valence electrons. The fraction of sp³-hybridized carbons (Fsp3) is 0.406. The standard InChI is InChI=1S/C32H46IN11O5/c1-19(45)41-23(9-5-15-39-31(35)36)28(47)42-24(10-6-16-40-32(37)38)29(48)44-26(18-21-11-13-22(33)14-12-21)30(49)43-25(27(34)46)17-20-7-3-2-4-8-20/h2-4,7-8,11-14,23-26H,5-6,9-10,15-18H2,1H3,(H2,34,46)(H,41,45)(H,42,47)(H,43,49)(H,44,48)(H4,35,36,39)(H4,37,38,40)/t23-,24-,25-,26+/m0/s1. The summed E-state index contributed by atoms with van der Waals surface area (Å²) in [5.41, 5.74) is 28.8. The number of rotatable bonds is 20. The van der Waals surface area contributed by atoms with Gasteiger partial charge in [0.05, 0.1) is 0 Å². The highest BCUT2D eigenvalue weighted by atomic mass is 127. The number of nitrogens with one attached hydrogen (secondary N) is 4. The third kappa shape index (κ3) is 16.1. The van der Waals surface area contributed by atoms with Crippen LogP contribution < -0.4 is 49.9 Å². The number of carbonyl (C=O) groups excluding carboxylic acids is 5. The fourth-order valence-corrected chi connectivity index (χ4v) is 5.10. The Hall–Kier alpha value is -4.94. The third-order valence-electron chi connectivity index (χ3n) is 7.15. The van der Waals surface area contributed by atoms with Crippen molar-refractivity contribution in [3.8, 4) is 0 Å². The first-order chi connectivity index (χ1) is 23.2. The Morgan fingerprint density at radius 3 is 1.53 bits per heavy atom. The van der Waals surface area contributed by atoms with E-state index < -0.39 is 53.7 Å². The first kappa shape index (κ1) is 40.2. The van der Waals surface area contributed by atoms with Gasteiger partial charge in [0.1, 0.15) is 24.2 Å². The Morgan fingerprint density at radius 1 is 0.612 bits per heavy atom. The average molecular weight is 792 g/mol. The molecule has 0 aromatic heterocycles. The van der Waals surface area contributed by atoms with Crippen LogP contribution in [0.4, 0.5) is 0 Å². The van der Waals surface area contributed by atoms with Crippen LogP contribution in [-0.2, 0) is 36.8 Å². The molecule has 0 aliphatic carbocycles. The van der Waals surface area contributed by atoms with Crippen molar-refractivity contribution >= 4 is 64.0 Å².